The number of nitrogens with zero attached hydrogens (tertiary/aromatic N) is 1. The second-order valence-electron chi connectivity index (χ2n) is 6.97. The molecule has 0 saturated heterocycles. The lowest BCUT2D eigenvalue weighted by molar-refractivity contribution is -0.149. The highest BCUT2D eigenvalue weighted by Crippen LogP contribution is 2.25. The third-order valence-corrected chi connectivity index (χ3v) is 5.00. The van der Waals surface area contributed by atoms with E-state index < -0.39 is 11.6 Å². The van der Waals surface area contributed by atoms with Gasteiger partial charge < -0.3 is 15.4 Å². The molecule has 1 aromatic carbocycles. The summed E-state index contributed by atoms with van der Waals surface area (Å²) in [5, 5.41) is 6.61. The number of ether oxygens (including phenoxy) is 1. The van der Waals surface area contributed by atoms with Gasteiger partial charge in [-0.2, -0.15) is 0 Å². The van der Waals surface area contributed by atoms with Gasteiger partial charge in [-0.3, -0.25) is 9.79 Å². The Morgan fingerprint density at radius 3 is 2.50 bits per heavy atom. The molecule has 1 atom stereocenters. The molecule has 2 rings (SSSR count). The van der Waals surface area contributed by atoms with Crippen molar-refractivity contribution in [2.75, 3.05) is 20.2 Å². The maximum Gasteiger partial charge on any atom is 0.308 e. The van der Waals surface area contributed by atoms with Crippen LogP contribution in [0.25, 0.3) is 0 Å². The van der Waals surface area contributed by atoms with Crippen molar-refractivity contribution in [1.82, 2.24) is 10.6 Å². The van der Waals surface area contributed by atoms with E-state index in [9.17, 15) is 13.6 Å². The summed E-state index contributed by atoms with van der Waals surface area (Å²) in [5.74, 6) is -1.11. The van der Waals surface area contributed by atoms with E-state index in [-0.39, 0.29) is 47.8 Å². The highest BCUT2D eigenvalue weighted by atomic mass is 127. The van der Waals surface area contributed by atoms with Gasteiger partial charge in [0.05, 0.1) is 12.5 Å². The number of hydrogen-bond acceptors (Lipinski definition) is 3. The predicted molar refractivity (Wildman–Crippen MR) is 117 cm³/mol. The van der Waals surface area contributed by atoms with Crippen LogP contribution in [0.15, 0.2) is 23.2 Å². The van der Waals surface area contributed by atoms with Crippen molar-refractivity contribution < 1.29 is 18.3 Å². The number of guanidine groups is 1. The van der Waals surface area contributed by atoms with Gasteiger partial charge in [0.1, 0.15) is 0 Å². The number of esters is 1. The molecule has 0 bridgehead atoms. The quantitative estimate of drug-likeness (QED) is 0.264. The van der Waals surface area contributed by atoms with E-state index in [1.54, 1.807) is 13.1 Å². The van der Waals surface area contributed by atoms with E-state index in [0.717, 1.165) is 37.3 Å². The molecule has 0 aliphatic heterocycles. The first-order valence-corrected chi connectivity index (χ1v) is 9.53. The van der Waals surface area contributed by atoms with Gasteiger partial charge in [0.25, 0.3) is 0 Å². The lowest BCUT2D eigenvalue weighted by atomic mass is 9.86. The summed E-state index contributed by atoms with van der Waals surface area (Å²) < 4.78 is 31.5. The van der Waals surface area contributed by atoms with E-state index in [2.05, 4.69) is 15.6 Å². The predicted octanol–water partition coefficient (Wildman–Crippen LogP) is 3.97. The summed E-state index contributed by atoms with van der Waals surface area (Å²) in [7, 11) is 1.70. The van der Waals surface area contributed by atoms with Crippen LogP contribution < -0.4 is 10.6 Å². The monoisotopic (exact) mass is 509 g/mol. The lowest BCUT2D eigenvalue weighted by Crippen LogP contribution is -2.46. The zero-order chi connectivity index (χ0) is 19.8. The zero-order valence-corrected chi connectivity index (χ0v) is 19.0. The Kier molecular flexibility index (Phi) is 10.7. The highest BCUT2D eigenvalue weighted by molar-refractivity contribution is 14.0. The van der Waals surface area contributed by atoms with E-state index >= 15 is 0 Å². The average molecular weight is 509 g/mol. The number of benzene rings is 1. The minimum Gasteiger partial charge on any atom is -0.466 e. The fourth-order valence-electron chi connectivity index (χ4n) is 3.31. The van der Waals surface area contributed by atoms with E-state index in [1.165, 1.54) is 6.07 Å². The number of carbonyl (C=O) groups is 1. The van der Waals surface area contributed by atoms with Crippen LogP contribution in [0.1, 0.15) is 51.0 Å². The summed E-state index contributed by atoms with van der Waals surface area (Å²) in [5.41, 5.74) is 0.729. The van der Waals surface area contributed by atoms with Gasteiger partial charge in [-0.25, -0.2) is 8.78 Å². The van der Waals surface area contributed by atoms with Gasteiger partial charge in [-0.1, -0.05) is 13.0 Å². The van der Waals surface area contributed by atoms with Crippen LogP contribution in [0.4, 0.5) is 8.78 Å². The molecule has 0 spiro atoms. The third kappa shape index (κ3) is 7.18. The molecule has 0 amide bonds. The molecule has 0 aromatic heterocycles. The van der Waals surface area contributed by atoms with Gasteiger partial charge in [-0.15, -0.1) is 24.0 Å². The number of rotatable bonds is 6. The molecule has 0 heterocycles. The normalized spacial score (nSPS) is 20.7. The molecule has 1 aliphatic rings. The minimum absolute atomic E-state index is 0. The van der Waals surface area contributed by atoms with Crippen molar-refractivity contribution in [2.45, 2.75) is 51.5 Å². The summed E-state index contributed by atoms with van der Waals surface area (Å²) in [4.78, 5) is 16.0. The molecular weight excluding hydrogens is 479 g/mol. The molecule has 1 unspecified atom stereocenters. The van der Waals surface area contributed by atoms with Crippen molar-refractivity contribution in [3.63, 3.8) is 0 Å². The average Bonchev–Trinajstić information content (AvgIpc) is 2.67. The second kappa shape index (κ2) is 12.2. The second-order valence-corrected chi connectivity index (χ2v) is 6.97. The Balaban J connectivity index is 0.00000392. The van der Waals surface area contributed by atoms with Crippen LogP contribution >= 0.6 is 24.0 Å². The van der Waals surface area contributed by atoms with Crippen molar-refractivity contribution in [3.8, 4) is 0 Å². The van der Waals surface area contributed by atoms with Gasteiger partial charge in [0.2, 0.25) is 0 Å². The number of nitrogens with one attached hydrogen (secondary N) is 2. The molecule has 8 heteroatoms. The third-order valence-electron chi connectivity index (χ3n) is 5.00. The van der Waals surface area contributed by atoms with Gasteiger partial charge in [0.15, 0.2) is 17.6 Å². The molecule has 1 saturated carbocycles. The molecule has 2 N–H and O–H groups in total. The van der Waals surface area contributed by atoms with Crippen LogP contribution in [-0.2, 0) is 9.53 Å². The lowest BCUT2D eigenvalue weighted by Gasteiger charge is -2.29. The van der Waals surface area contributed by atoms with Crippen molar-refractivity contribution >= 4 is 35.9 Å². The van der Waals surface area contributed by atoms with Gasteiger partial charge in [-0.05, 0) is 56.2 Å². The SMILES string of the molecule is CCOC(=O)C1CCC(NC(=NC)NCC(C)c2ccc(F)c(F)c2)CC1.I. The smallest absolute Gasteiger partial charge is 0.308 e. The number of hydrogen-bond donors (Lipinski definition) is 2. The molecular formula is C20H30F2IN3O2. The molecule has 0 radical (unpaired) electrons. The number of halogens is 3. The van der Waals surface area contributed by atoms with Crippen LogP contribution in [0.5, 0.6) is 0 Å². The van der Waals surface area contributed by atoms with E-state index in [0.29, 0.717) is 19.1 Å². The van der Waals surface area contributed by atoms with Crippen molar-refractivity contribution in [3.05, 3.63) is 35.4 Å². The maximum atomic E-state index is 13.4. The standard InChI is InChI=1S/C20H29F2N3O2.HI/c1-4-27-19(26)14-5-8-16(9-6-14)25-20(23-3)24-12-13(2)15-7-10-17(21)18(22)11-15;/h7,10-11,13-14,16H,4-6,8-9,12H2,1-3H3,(H2,23,24,25);1H. The van der Waals surface area contributed by atoms with E-state index in [1.807, 2.05) is 13.8 Å². The Morgan fingerprint density at radius 2 is 1.93 bits per heavy atom. The summed E-state index contributed by atoms with van der Waals surface area (Å²) in [6.07, 6.45) is 3.36. The Morgan fingerprint density at radius 1 is 1.25 bits per heavy atom. The van der Waals surface area contributed by atoms with E-state index in [4.69, 9.17) is 4.74 Å². The van der Waals surface area contributed by atoms with Crippen LogP contribution in [0, 0.1) is 17.6 Å². The Bertz CT molecular complexity index is 665. The summed E-state index contributed by atoms with van der Waals surface area (Å²) >= 11 is 0. The first kappa shape index (κ1) is 24.6. The number of carbonyl (C=O) groups excluding carboxylic acids is 1. The summed E-state index contributed by atoms with van der Waals surface area (Å²) in [6.45, 7) is 4.73. The fourth-order valence-corrected chi connectivity index (χ4v) is 3.31. The van der Waals surface area contributed by atoms with Crippen molar-refractivity contribution in [1.29, 1.82) is 0 Å². The molecule has 158 valence electrons. The Labute approximate surface area is 182 Å². The maximum absolute atomic E-state index is 13.4. The largest absolute Gasteiger partial charge is 0.466 e. The van der Waals surface area contributed by atoms with Crippen molar-refractivity contribution in [2.24, 2.45) is 10.9 Å². The fraction of sp³-hybridized carbons (Fsp3) is 0.600. The minimum atomic E-state index is -0.838. The molecule has 1 aromatic rings. The molecule has 28 heavy (non-hydrogen) atoms. The van der Waals surface area contributed by atoms with Gasteiger partial charge in [0, 0.05) is 19.6 Å². The van der Waals surface area contributed by atoms with Gasteiger partial charge >= 0.3 is 5.97 Å². The molecule has 1 aliphatic carbocycles. The first-order valence-electron chi connectivity index (χ1n) is 9.53. The Hall–Kier alpha value is -1.45. The zero-order valence-electron chi connectivity index (χ0n) is 16.6. The topological polar surface area (TPSA) is 62.7 Å². The number of aliphatic imine (C=N–C) groups is 1. The highest BCUT2D eigenvalue weighted by Gasteiger charge is 2.27. The molecule has 5 nitrogen and oxygen atoms in total. The first-order chi connectivity index (χ1) is 12.9. The molecule has 1 fully saturated rings. The van der Waals surface area contributed by atoms with Crippen LogP contribution in [0.2, 0.25) is 0 Å². The van der Waals surface area contributed by atoms with Crippen LogP contribution in [0.3, 0.4) is 0 Å². The summed E-state index contributed by atoms with van der Waals surface area (Å²) in [6, 6.07) is 4.22. The van der Waals surface area contributed by atoms with Crippen LogP contribution in [-0.4, -0.2) is 38.2 Å².